The summed E-state index contributed by atoms with van der Waals surface area (Å²) in [4.78, 5) is 11.0. The van der Waals surface area contributed by atoms with Crippen molar-refractivity contribution in [2.75, 3.05) is 12.8 Å². The number of nitrogen functional groups attached to an aromatic ring is 1. The molecule has 0 saturated carbocycles. The lowest BCUT2D eigenvalue weighted by atomic mass is 10.4. The molecule has 0 aliphatic rings. The minimum Gasteiger partial charge on any atom is -0.463 e. The molecule has 0 radical (unpaired) electrons. The van der Waals surface area contributed by atoms with Crippen LogP contribution in [0.5, 0.6) is 0 Å². The number of ether oxygens (including phenoxy) is 1. The Bertz CT molecular complexity index is 321. The van der Waals surface area contributed by atoms with Gasteiger partial charge in [-0.25, -0.2) is 4.79 Å². The van der Waals surface area contributed by atoms with Crippen molar-refractivity contribution in [2.24, 2.45) is 0 Å². The van der Waals surface area contributed by atoms with Crippen molar-refractivity contribution in [3.8, 4) is 0 Å². The predicted octanol–water partition coefficient (Wildman–Crippen LogP) is 2.17. The molecule has 0 saturated heterocycles. The Balaban J connectivity index is 3.17. The fourth-order valence-electron chi connectivity index (χ4n) is 0.639. The zero-order valence-electron chi connectivity index (χ0n) is 6.06. The molecule has 0 fully saturated rings. The number of halogens is 2. The van der Waals surface area contributed by atoms with E-state index in [9.17, 15) is 4.79 Å². The number of nitrogens with two attached hydrogens (primary N) is 1. The highest BCUT2D eigenvalue weighted by Crippen LogP contribution is 2.34. The van der Waals surface area contributed by atoms with Crippen molar-refractivity contribution >= 4 is 43.5 Å². The van der Waals surface area contributed by atoms with Crippen LogP contribution in [0.3, 0.4) is 0 Å². The van der Waals surface area contributed by atoms with E-state index >= 15 is 0 Å². The van der Waals surface area contributed by atoms with Gasteiger partial charge >= 0.3 is 5.97 Å². The number of rotatable bonds is 1. The van der Waals surface area contributed by atoms with Crippen molar-refractivity contribution in [1.82, 2.24) is 0 Å². The summed E-state index contributed by atoms with van der Waals surface area (Å²) in [6, 6.07) is 0. The molecule has 2 N–H and O–H groups in total. The minimum atomic E-state index is -0.598. The van der Waals surface area contributed by atoms with Crippen LogP contribution >= 0.6 is 31.9 Å². The lowest BCUT2D eigenvalue weighted by molar-refractivity contribution is 0.0565. The number of carbonyl (C=O) groups is 1. The summed E-state index contributed by atoms with van der Waals surface area (Å²) in [5, 5.41) is 0. The molecule has 66 valence electrons. The number of carbonyl (C=O) groups excluding carboxylic acids is 1. The summed E-state index contributed by atoms with van der Waals surface area (Å²) in [6.45, 7) is 0. The Kier molecular flexibility index (Phi) is 2.79. The number of furan rings is 1. The molecule has 1 rings (SSSR count). The standard InChI is InChI=1S/C6H5Br2NO3/c1-11-6(10)4-3(9)2(7)5(8)12-4/h9H2,1H3. The molecule has 1 aromatic rings. The van der Waals surface area contributed by atoms with Gasteiger partial charge in [-0.15, -0.1) is 0 Å². The molecule has 0 amide bonds. The summed E-state index contributed by atoms with van der Waals surface area (Å²) < 4.78 is 10.3. The molecule has 6 heteroatoms. The summed E-state index contributed by atoms with van der Waals surface area (Å²) in [6.07, 6.45) is 0. The third-order valence-electron chi connectivity index (χ3n) is 1.22. The molecule has 0 aromatic carbocycles. The second-order valence-electron chi connectivity index (χ2n) is 1.92. The Labute approximate surface area is 85.3 Å². The summed E-state index contributed by atoms with van der Waals surface area (Å²) >= 11 is 6.19. The van der Waals surface area contributed by atoms with Crippen LogP contribution in [-0.4, -0.2) is 13.1 Å². The first kappa shape index (κ1) is 9.60. The maximum atomic E-state index is 11.0. The number of hydrogen-bond donors (Lipinski definition) is 1. The van der Waals surface area contributed by atoms with Gasteiger partial charge in [0.05, 0.1) is 11.6 Å². The highest BCUT2D eigenvalue weighted by Gasteiger charge is 2.20. The van der Waals surface area contributed by atoms with Gasteiger partial charge in [-0.2, -0.15) is 0 Å². The van der Waals surface area contributed by atoms with Crippen LogP contribution in [0, 0.1) is 0 Å². The first-order valence-electron chi connectivity index (χ1n) is 2.89. The minimum absolute atomic E-state index is 0.00347. The summed E-state index contributed by atoms with van der Waals surface area (Å²) in [5.74, 6) is -0.602. The monoisotopic (exact) mass is 297 g/mol. The van der Waals surface area contributed by atoms with Gasteiger partial charge < -0.3 is 14.9 Å². The molecule has 1 heterocycles. The van der Waals surface area contributed by atoms with E-state index in [0.717, 1.165) is 0 Å². The fraction of sp³-hybridized carbons (Fsp3) is 0.167. The van der Waals surface area contributed by atoms with Crippen molar-refractivity contribution in [3.63, 3.8) is 0 Å². The molecule has 12 heavy (non-hydrogen) atoms. The number of esters is 1. The average molecular weight is 299 g/mol. The van der Waals surface area contributed by atoms with E-state index in [0.29, 0.717) is 9.14 Å². The molecular formula is C6H5Br2NO3. The molecule has 0 spiro atoms. The van der Waals surface area contributed by atoms with Crippen LogP contribution in [0.1, 0.15) is 10.6 Å². The van der Waals surface area contributed by atoms with Gasteiger partial charge in [0.25, 0.3) is 0 Å². The molecule has 0 atom stereocenters. The number of anilines is 1. The first-order chi connectivity index (χ1) is 5.57. The van der Waals surface area contributed by atoms with Gasteiger partial charge in [0.1, 0.15) is 5.69 Å². The second-order valence-corrected chi connectivity index (χ2v) is 3.44. The largest absolute Gasteiger partial charge is 0.463 e. The van der Waals surface area contributed by atoms with Crippen LogP contribution in [0.2, 0.25) is 0 Å². The number of methoxy groups -OCH3 is 1. The van der Waals surface area contributed by atoms with Crippen LogP contribution in [0.15, 0.2) is 13.6 Å². The van der Waals surface area contributed by atoms with E-state index in [-0.39, 0.29) is 11.4 Å². The average Bonchev–Trinajstić information content (AvgIpc) is 2.32. The highest BCUT2D eigenvalue weighted by molar-refractivity contribution is 9.13. The quantitative estimate of drug-likeness (QED) is 0.807. The van der Waals surface area contributed by atoms with Gasteiger partial charge in [0.2, 0.25) is 5.76 Å². The maximum absolute atomic E-state index is 11.0. The van der Waals surface area contributed by atoms with Gasteiger partial charge in [-0.05, 0) is 31.9 Å². The molecule has 4 nitrogen and oxygen atoms in total. The first-order valence-corrected chi connectivity index (χ1v) is 4.48. The zero-order chi connectivity index (χ0) is 9.30. The lowest BCUT2D eigenvalue weighted by Crippen LogP contribution is -2.02. The van der Waals surface area contributed by atoms with E-state index in [1.54, 1.807) is 0 Å². The van der Waals surface area contributed by atoms with Crippen molar-refractivity contribution in [3.05, 3.63) is 14.9 Å². The topological polar surface area (TPSA) is 65.5 Å². The molecular weight excluding hydrogens is 294 g/mol. The lowest BCUT2D eigenvalue weighted by Gasteiger charge is -1.93. The Morgan fingerprint density at radius 1 is 1.58 bits per heavy atom. The van der Waals surface area contributed by atoms with Crippen LogP contribution < -0.4 is 5.73 Å². The SMILES string of the molecule is COC(=O)c1oc(Br)c(Br)c1N. The Morgan fingerprint density at radius 3 is 2.50 bits per heavy atom. The van der Waals surface area contributed by atoms with E-state index in [1.807, 2.05) is 0 Å². The van der Waals surface area contributed by atoms with E-state index < -0.39 is 5.97 Å². The Hall–Kier alpha value is -0.490. The van der Waals surface area contributed by atoms with Crippen LogP contribution in [0.4, 0.5) is 5.69 Å². The molecule has 0 aliphatic carbocycles. The van der Waals surface area contributed by atoms with Crippen molar-refractivity contribution in [2.45, 2.75) is 0 Å². The maximum Gasteiger partial charge on any atom is 0.376 e. The number of hydrogen-bond acceptors (Lipinski definition) is 4. The Morgan fingerprint density at radius 2 is 2.17 bits per heavy atom. The molecule has 0 unspecified atom stereocenters. The second kappa shape index (κ2) is 3.49. The smallest absolute Gasteiger partial charge is 0.376 e. The molecule has 0 bridgehead atoms. The van der Waals surface area contributed by atoms with E-state index in [2.05, 4.69) is 36.6 Å². The van der Waals surface area contributed by atoms with Gasteiger partial charge in [-0.3, -0.25) is 0 Å². The van der Waals surface area contributed by atoms with Gasteiger partial charge in [0.15, 0.2) is 4.67 Å². The normalized spacial score (nSPS) is 9.92. The summed E-state index contributed by atoms with van der Waals surface area (Å²) in [5.41, 5.74) is 5.74. The molecule has 0 aliphatic heterocycles. The zero-order valence-corrected chi connectivity index (χ0v) is 9.23. The van der Waals surface area contributed by atoms with Gasteiger partial charge in [-0.1, -0.05) is 0 Å². The van der Waals surface area contributed by atoms with E-state index in [1.165, 1.54) is 7.11 Å². The van der Waals surface area contributed by atoms with Crippen LogP contribution in [0.25, 0.3) is 0 Å². The highest BCUT2D eigenvalue weighted by atomic mass is 79.9. The fourth-order valence-corrected chi connectivity index (χ4v) is 1.28. The molecule has 1 aromatic heterocycles. The van der Waals surface area contributed by atoms with Gasteiger partial charge in [0, 0.05) is 0 Å². The van der Waals surface area contributed by atoms with Crippen LogP contribution in [-0.2, 0) is 4.74 Å². The van der Waals surface area contributed by atoms with Crippen molar-refractivity contribution < 1.29 is 13.9 Å². The van der Waals surface area contributed by atoms with E-state index in [4.69, 9.17) is 10.2 Å². The van der Waals surface area contributed by atoms with Crippen molar-refractivity contribution in [1.29, 1.82) is 0 Å². The summed E-state index contributed by atoms with van der Waals surface area (Å²) in [7, 11) is 1.26. The predicted molar refractivity (Wildman–Crippen MR) is 49.9 cm³/mol. The third kappa shape index (κ3) is 1.49. The third-order valence-corrected chi connectivity index (χ3v) is 3.09.